The van der Waals surface area contributed by atoms with Gasteiger partial charge in [-0.25, -0.2) is 4.79 Å². The van der Waals surface area contributed by atoms with E-state index in [1.54, 1.807) is 30.3 Å². The summed E-state index contributed by atoms with van der Waals surface area (Å²) in [6.45, 7) is 0. The molecule has 31 heavy (non-hydrogen) atoms. The number of Topliss-reactive ketones (excluding diaryl/α,β-unsaturated/α-hetero) is 1. The number of fused-ring (bicyclic) bond motifs is 1. The number of ketones is 1. The van der Waals surface area contributed by atoms with E-state index < -0.39 is 46.1 Å². The summed E-state index contributed by atoms with van der Waals surface area (Å²) in [4.78, 5) is 24.8. The fourth-order valence-corrected chi connectivity index (χ4v) is 3.49. The minimum Gasteiger partial charge on any atom is -0.506 e. The highest BCUT2D eigenvalue weighted by molar-refractivity contribution is 7.99. The van der Waals surface area contributed by atoms with E-state index in [0.29, 0.717) is 4.90 Å². The molecule has 164 valence electrons. The SMILES string of the molecule is O=C(c1c(O)c2cccc(Sc3ccccc3)c2oc1=O)C(F)(F)C(F)(F)C(F)(F)F. The third kappa shape index (κ3) is 3.75. The van der Waals surface area contributed by atoms with E-state index in [0.717, 1.165) is 17.8 Å². The van der Waals surface area contributed by atoms with Crippen LogP contribution in [0.3, 0.4) is 0 Å². The quantitative estimate of drug-likeness (QED) is 0.298. The third-order valence-corrected chi connectivity index (χ3v) is 5.15. The predicted molar refractivity (Wildman–Crippen MR) is 95.0 cm³/mol. The van der Waals surface area contributed by atoms with Gasteiger partial charge in [-0.15, -0.1) is 0 Å². The van der Waals surface area contributed by atoms with Gasteiger partial charge in [-0.3, -0.25) is 4.79 Å². The zero-order chi connectivity index (χ0) is 23.2. The van der Waals surface area contributed by atoms with E-state index in [9.17, 15) is 45.4 Å². The van der Waals surface area contributed by atoms with E-state index in [1.165, 1.54) is 12.1 Å². The number of benzene rings is 2. The Bertz CT molecular complexity index is 1200. The average molecular weight is 466 g/mol. The Labute approximate surface area is 172 Å². The van der Waals surface area contributed by atoms with Crippen molar-refractivity contribution < 1.29 is 45.1 Å². The molecule has 0 bridgehead atoms. The fourth-order valence-electron chi connectivity index (χ4n) is 2.56. The Hall–Kier alpha value is -3.02. The van der Waals surface area contributed by atoms with Gasteiger partial charge in [0.1, 0.15) is 5.75 Å². The number of carbonyl (C=O) groups excluding carboxylic acids is 1. The molecule has 0 spiro atoms. The number of rotatable bonds is 5. The Balaban J connectivity index is 2.16. The summed E-state index contributed by atoms with van der Waals surface area (Å²) in [7, 11) is 0. The first kappa shape index (κ1) is 22.7. The molecule has 0 atom stereocenters. The van der Waals surface area contributed by atoms with E-state index in [-0.39, 0.29) is 10.5 Å². The first-order valence-electron chi connectivity index (χ1n) is 8.18. The lowest BCUT2D eigenvalue weighted by Crippen LogP contribution is -2.56. The maximum Gasteiger partial charge on any atom is 0.460 e. The summed E-state index contributed by atoms with van der Waals surface area (Å²) in [5.74, 6) is -17.9. The molecule has 0 fully saturated rings. The van der Waals surface area contributed by atoms with Crippen molar-refractivity contribution in [1.29, 1.82) is 0 Å². The topological polar surface area (TPSA) is 67.5 Å². The summed E-state index contributed by atoms with van der Waals surface area (Å²) >= 11 is 1.02. The van der Waals surface area contributed by atoms with E-state index >= 15 is 0 Å². The average Bonchev–Trinajstić information content (AvgIpc) is 2.68. The molecule has 0 saturated heterocycles. The molecule has 0 saturated carbocycles. The van der Waals surface area contributed by atoms with Crippen LogP contribution in [-0.2, 0) is 0 Å². The monoisotopic (exact) mass is 466 g/mol. The number of halogens is 7. The van der Waals surface area contributed by atoms with Gasteiger partial charge in [0, 0.05) is 4.90 Å². The zero-order valence-electron chi connectivity index (χ0n) is 14.8. The molecule has 0 amide bonds. The number of para-hydroxylation sites is 1. The third-order valence-electron chi connectivity index (χ3n) is 4.10. The van der Waals surface area contributed by atoms with Crippen LogP contribution in [0.2, 0.25) is 0 Å². The molecular weight excluding hydrogens is 457 g/mol. The summed E-state index contributed by atoms with van der Waals surface area (Å²) in [6.07, 6.45) is -6.79. The summed E-state index contributed by atoms with van der Waals surface area (Å²) in [6, 6.07) is 12.1. The van der Waals surface area contributed by atoms with E-state index in [1.807, 2.05) is 0 Å². The highest BCUT2D eigenvalue weighted by atomic mass is 32.2. The minimum absolute atomic E-state index is 0.183. The normalized spacial score (nSPS) is 12.9. The molecule has 4 nitrogen and oxygen atoms in total. The van der Waals surface area contributed by atoms with Gasteiger partial charge in [0.2, 0.25) is 5.78 Å². The zero-order valence-corrected chi connectivity index (χ0v) is 15.7. The van der Waals surface area contributed by atoms with Crippen LogP contribution in [0.1, 0.15) is 10.4 Å². The van der Waals surface area contributed by atoms with Gasteiger partial charge in [-0.1, -0.05) is 36.0 Å². The van der Waals surface area contributed by atoms with Crippen molar-refractivity contribution in [3.8, 4) is 5.75 Å². The first-order chi connectivity index (χ1) is 14.3. The second-order valence-corrected chi connectivity index (χ2v) is 7.25. The van der Waals surface area contributed by atoms with Gasteiger partial charge in [0.05, 0.1) is 10.3 Å². The molecule has 0 unspecified atom stereocenters. The lowest BCUT2D eigenvalue weighted by atomic mass is 9.99. The van der Waals surface area contributed by atoms with E-state index in [2.05, 4.69) is 0 Å². The van der Waals surface area contributed by atoms with Crippen molar-refractivity contribution in [2.45, 2.75) is 27.8 Å². The number of hydrogen-bond acceptors (Lipinski definition) is 5. The lowest BCUT2D eigenvalue weighted by Gasteiger charge is -2.26. The molecular formula is C19H9F7O4S. The van der Waals surface area contributed by atoms with Crippen LogP contribution in [0.25, 0.3) is 11.0 Å². The molecule has 0 aliphatic rings. The first-order valence-corrected chi connectivity index (χ1v) is 8.99. The molecule has 12 heteroatoms. The predicted octanol–water partition coefficient (Wildman–Crippen LogP) is 5.67. The highest BCUT2D eigenvalue weighted by Gasteiger charge is 2.76. The van der Waals surface area contributed by atoms with Crippen molar-refractivity contribution in [3.63, 3.8) is 0 Å². The van der Waals surface area contributed by atoms with Gasteiger partial charge >= 0.3 is 23.6 Å². The van der Waals surface area contributed by atoms with Crippen molar-refractivity contribution in [3.05, 3.63) is 64.5 Å². The van der Waals surface area contributed by atoms with Gasteiger partial charge in [-0.2, -0.15) is 30.7 Å². The van der Waals surface area contributed by atoms with Gasteiger partial charge in [0.15, 0.2) is 11.1 Å². The van der Waals surface area contributed by atoms with E-state index in [4.69, 9.17) is 4.42 Å². The highest BCUT2D eigenvalue weighted by Crippen LogP contribution is 2.48. The van der Waals surface area contributed by atoms with Crippen LogP contribution < -0.4 is 5.63 Å². The molecule has 0 aliphatic carbocycles. The van der Waals surface area contributed by atoms with Crippen LogP contribution in [0.15, 0.2) is 67.5 Å². The van der Waals surface area contributed by atoms with Crippen LogP contribution in [0.5, 0.6) is 5.75 Å². The van der Waals surface area contributed by atoms with Gasteiger partial charge in [0.25, 0.3) is 0 Å². The second-order valence-electron chi connectivity index (χ2n) is 6.14. The standard InChI is InChI=1S/C19H9F7O4S/c20-17(21,18(22,23)19(24,25)26)15(28)12-13(27)10-7-4-8-11(14(10)30-16(12)29)31-9-5-2-1-3-6-9/h1-8,27H. The molecule has 1 heterocycles. The van der Waals surface area contributed by atoms with Crippen molar-refractivity contribution in [2.75, 3.05) is 0 Å². The van der Waals surface area contributed by atoms with Crippen LogP contribution >= 0.6 is 11.8 Å². The molecule has 1 N–H and O–H groups in total. The lowest BCUT2D eigenvalue weighted by molar-refractivity contribution is -0.339. The molecule has 1 aromatic heterocycles. The van der Waals surface area contributed by atoms with Crippen LogP contribution in [0, 0.1) is 0 Å². The number of aromatic hydroxyl groups is 1. The molecule has 0 aliphatic heterocycles. The Morgan fingerprint density at radius 2 is 1.52 bits per heavy atom. The molecule has 2 aromatic carbocycles. The van der Waals surface area contributed by atoms with Crippen LogP contribution in [-0.4, -0.2) is 28.9 Å². The minimum atomic E-state index is -6.80. The summed E-state index contributed by atoms with van der Waals surface area (Å²) in [5.41, 5.74) is -4.38. The van der Waals surface area contributed by atoms with Crippen LogP contribution in [0.4, 0.5) is 30.7 Å². The maximum atomic E-state index is 13.8. The number of carbonyl (C=O) groups is 1. The number of alkyl halides is 7. The Kier molecular flexibility index (Phi) is 5.55. The Morgan fingerprint density at radius 1 is 0.903 bits per heavy atom. The molecule has 3 rings (SSSR count). The van der Waals surface area contributed by atoms with Crippen molar-refractivity contribution >= 4 is 28.5 Å². The fraction of sp³-hybridized carbons (Fsp3) is 0.158. The maximum absolute atomic E-state index is 13.8. The summed E-state index contributed by atoms with van der Waals surface area (Å²) < 4.78 is 95.9. The van der Waals surface area contributed by atoms with Crippen molar-refractivity contribution in [1.82, 2.24) is 0 Å². The number of hydrogen-bond donors (Lipinski definition) is 1. The summed E-state index contributed by atoms with van der Waals surface area (Å²) in [5, 5.41) is 9.67. The molecule has 3 aromatic rings. The Morgan fingerprint density at radius 3 is 2.10 bits per heavy atom. The van der Waals surface area contributed by atoms with Gasteiger partial charge < -0.3 is 9.52 Å². The smallest absolute Gasteiger partial charge is 0.460 e. The van der Waals surface area contributed by atoms with Gasteiger partial charge in [-0.05, 0) is 24.3 Å². The van der Waals surface area contributed by atoms with Crippen molar-refractivity contribution in [2.24, 2.45) is 0 Å². The largest absolute Gasteiger partial charge is 0.506 e. The second kappa shape index (κ2) is 7.59. The molecule has 0 radical (unpaired) electrons.